The first-order chi connectivity index (χ1) is 5.11. The number of carboxylic acid groups (broad SMARTS) is 1. The van der Waals surface area contributed by atoms with Gasteiger partial charge in [-0.25, -0.2) is 0 Å². The van der Waals surface area contributed by atoms with Gasteiger partial charge in [0.1, 0.15) is 5.92 Å². The summed E-state index contributed by atoms with van der Waals surface area (Å²) in [5.41, 5.74) is 0. The molecule has 0 heterocycles. The van der Waals surface area contributed by atoms with Crippen LogP contribution in [-0.2, 0) is 4.79 Å². The van der Waals surface area contributed by atoms with Crippen molar-refractivity contribution in [2.75, 3.05) is 0 Å². The Morgan fingerprint density at radius 2 is 2.36 bits per heavy atom. The second-order valence-electron chi connectivity index (χ2n) is 2.11. The lowest BCUT2D eigenvalue weighted by atomic mass is 10.0. The van der Waals surface area contributed by atoms with E-state index in [-0.39, 0.29) is 0 Å². The largest absolute Gasteiger partial charge is 0.481 e. The minimum Gasteiger partial charge on any atom is -0.481 e. The van der Waals surface area contributed by atoms with Gasteiger partial charge in [-0.05, 0) is 12.2 Å². The topological polar surface area (TPSA) is 37.3 Å². The summed E-state index contributed by atoms with van der Waals surface area (Å²) < 4.78 is 0. The Morgan fingerprint density at radius 1 is 1.73 bits per heavy atom. The van der Waals surface area contributed by atoms with Gasteiger partial charge in [0.15, 0.2) is 0 Å². The molecule has 2 nitrogen and oxygen atoms in total. The Kier molecular flexibility index (Phi) is 2.42. The smallest absolute Gasteiger partial charge is 0.315 e. The van der Waals surface area contributed by atoms with Crippen molar-refractivity contribution in [3.63, 3.8) is 0 Å². The Hall–Kier alpha value is -0.670. The Labute approximate surface area is 74.2 Å². The summed E-state index contributed by atoms with van der Waals surface area (Å²) in [6.45, 7) is 0. The maximum Gasteiger partial charge on any atom is 0.315 e. The molecule has 1 aliphatic carbocycles. The van der Waals surface area contributed by atoms with E-state index in [9.17, 15) is 4.79 Å². The van der Waals surface area contributed by atoms with Crippen molar-refractivity contribution >= 4 is 34.7 Å². The molecule has 1 atom stereocenters. The molecule has 1 aliphatic rings. The van der Waals surface area contributed by atoms with Gasteiger partial charge in [-0.15, -0.1) is 0 Å². The number of hydrogen-bond donors (Lipinski definition) is 1. The molecule has 0 aromatic heterocycles. The molecule has 0 aliphatic heterocycles. The normalized spacial score (nSPS) is 23.2. The van der Waals surface area contributed by atoms with Gasteiger partial charge in [-0.1, -0.05) is 29.9 Å². The van der Waals surface area contributed by atoms with Crippen LogP contribution < -0.4 is 0 Å². The first-order valence-electron chi connectivity index (χ1n) is 2.93. The van der Waals surface area contributed by atoms with Gasteiger partial charge < -0.3 is 5.11 Å². The molecule has 0 saturated heterocycles. The standard InChI is InChI=1S/C7H5ClO2S/c8-4-1-2-5(7(9)10)6(11)3-4/h1-3,5H,(H,9,10). The van der Waals surface area contributed by atoms with Crippen LogP contribution in [0.5, 0.6) is 0 Å². The van der Waals surface area contributed by atoms with Crippen LogP contribution in [0.25, 0.3) is 0 Å². The van der Waals surface area contributed by atoms with Gasteiger partial charge in [0, 0.05) is 9.90 Å². The molecular weight excluding hydrogens is 184 g/mol. The lowest BCUT2D eigenvalue weighted by Crippen LogP contribution is -2.20. The number of rotatable bonds is 1. The minimum absolute atomic E-state index is 0.352. The third kappa shape index (κ3) is 1.88. The fourth-order valence-corrected chi connectivity index (χ4v) is 1.32. The number of carboxylic acids is 1. The predicted molar refractivity (Wildman–Crippen MR) is 46.8 cm³/mol. The highest BCUT2D eigenvalue weighted by atomic mass is 35.5. The Balaban J connectivity index is 2.86. The molecule has 0 saturated carbocycles. The van der Waals surface area contributed by atoms with Crippen molar-refractivity contribution < 1.29 is 9.90 Å². The molecule has 0 spiro atoms. The van der Waals surface area contributed by atoms with Crippen molar-refractivity contribution in [1.29, 1.82) is 0 Å². The molecule has 0 radical (unpaired) electrons. The summed E-state index contributed by atoms with van der Waals surface area (Å²) >= 11 is 10.4. The molecule has 4 heteroatoms. The highest BCUT2D eigenvalue weighted by Gasteiger charge is 2.20. The van der Waals surface area contributed by atoms with Crippen LogP contribution in [0.15, 0.2) is 23.3 Å². The molecule has 1 rings (SSSR count). The molecule has 0 aromatic rings. The van der Waals surface area contributed by atoms with Gasteiger partial charge in [0.25, 0.3) is 0 Å². The molecule has 11 heavy (non-hydrogen) atoms. The summed E-state index contributed by atoms with van der Waals surface area (Å²) in [7, 11) is 0. The van der Waals surface area contributed by atoms with E-state index in [1.807, 2.05) is 0 Å². The molecule has 0 fully saturated rings. The fraction of sp³-hybridized carbons (Fsp3) is 0.143. The predicted octanol–water partition coefficient (Wildman–Crippen LogP) is 1.75. The van der Waals surface area contributed by atoms with Crippen LogP contribution in [0.4, 0.5) is 0 Å². The summed E-state index contributed by atoms with van der Waals surface area (Å²) in [5, 5.41) is 9.06. The van der Waals surface area contributed by atoms with Gasteiger partial charge in [0.05, 0.1) is 0 Å². The third-order valence-electron chi connectivity index (χ3n) is 1.30. The van der Waals surface area contributed by atoms with Crippen molar-refractivity contribution in [2.45, 2.75) is 0 Å². The maximum atomic E-state index is 10.5. The summed E-state index contributed by atoms with van der Waals surface area (Å²) in [6.07, 6.45) is 4.50. The van der Waals surface area contributed by atoms with Gasteiger partial charge >= 0.3 is 5.97 Å². The molecule has 0 bridgehead atoms. The minimum atomic E-state index is -0.938. The highest BCUT2D eigenvalue weighted by molar-refractivity contribution is 7.80. The van der Waals surface area contributed by atoms with Crippen LogP contribution in [0.3, 0.4) is 0 Å². The maximum absolute atomic E-state index is 10.5. The van der Waals surface area contributed by atoms with Crippen LogP contribution >= 0.6 is 23.8 Å². The first-order valence-corrected chi connectivity index (χ1v) is 3.72. The number of carbonyl (C=O) groups is 1. The first kappa shape index (κ1) is 8.43. The molecule has 0 amide bonds. The van der Waals surface area contributed by atoms with Gasteiger partial charge in [0.2, 0.25) is 0 Å². The second-order valence-corrected chi connectivity index (χ2v) is 3.01. The SMILES string of the molecule is O=C(O)C1C=CC(Cl)=CC1=S. The van der Waals surface area contributed by atoms with Crippen molar-refractivity contribution in [3.05, 3.63) is 23.3 Å². The lowest BCUT2D eigenvalue weighted by molar-refractivity contribution is -0.137. The average molecular weight is 189 g/mol. The molecule has 1 unspecified atom stereocenters. The number of hydrogen-bond acceptors (Lipinski definition) is 2. The summed E-state index contributed by atoms with van der Waals surface area (Å²) in [4.78, 5) is 10.8. The van der Waals surface area contributed by atoms with Crippen LogP contribution in [0.1, 0.15) is 0 Å². The van der Waals surface area contributed by atoms with Crippen LogP contribution in [-0.4, -0.2) is 15.9 Å². The zero-order chi connectivity index (χ0) is 8.43. The van der Waals surface area contributed by atoms with Crippen molar-refractivity contribution in [2.24, 2.45) is 5.92 Å². The molecule has 58 valence electrons. The monoisotopic (exact) mass is 188 g/mol. The molecule has 0 aromatic carbocycles. The number of halogens is 1. The summed E-state index contributed by atoms with van der Waals surface area (Å²) in [5.74, 6) is -1.63. The van der Waals surface area contributed by atoms with E-state index < -0.39 is 11.9 Å². The highest BCUT2D eigenvalue weighted by Crippen LogP contribution is 2.17. The Morgan fingerprint density at radius 3 is 2.82 bits per heavy atom. The lowest BCUT2D eigenvalue weighted by Gasteiger charge is -2.09. The van der Waals surface area contributed by atoms with E-state index in [4.69, 9.17) is 28.9 Å². The third-order valence-corrected chi connectivity index (χ3v) is 1.91. The number of allylic oxidation sites excluding steroid dienone is 3. The second kappa shape index (κ2) is 3.15. The molecular formula is C7H5ClO2S. The molecule has 1 N–H and O–H groups in total. The van der Waals surface area contributed by atoms with Crippen molar-refractivity contribution in [3.8, 4) is 0 Å². The quantitative estimate of drug-likeness (QED) is 0.637. The van der Waals surface area contributed by atoms with Crippen LogP contribution in [0, 0.1) is 5.92 Å². The van der Waals surface area contributed by atoms with Crippen LogP contribution in [0.2, 0.25) is 0 Å². The Bertz CT molecular complexity index is 268. The average Bonchev–Trinajstić information content (AvgIpc) is 1.85. The van der Waals surface area contributed by atoms with Crippen molar-refractivity contribution in [1.82, 2.24) is 0 Å². The zero-order valence-electron chi connectivity index (χ0n) is 5.45. The fourth-order valence-electron chi connectivity index (χ4n) is 0.761. The van der Waals surface area contributed by atoms with E-state index in [0.29, 0.717) is 9.90 Å². The van der Waals surface area contributed by atoms with Gasteiger partial charge in [-0.3, -0.25) is 4.79 Å². The number of thiocarbonyl (C=S) groups is 1. The zero-order valence-corrected chi connectivity index (χ0v) is 7.02. The van der Waals surface area contributed by atoms with E-state index >= 15 is 0 Å². The van der Waals surface area contributed by atoms with Gasteiger partial charge in [-0.2, -0.15) is 0 Å². The van der Waals surface area contributed by atoms with E-state index in [1.165, 1.54) is 18.2 Å². The number of aliphatic carboxylic acids is 1. The van der Waals surface area contributed by atoms with E-state index in [2.05, 4.69) is 0 Å². The summed E-state index contributed by atoms with van der Waals surface area (Å²) in [6, 6.07) is 0. The van der Waals surface area contributed by atoms with E-state index in [0.717, 1.165) is 0 Å². The van der Waals surface area contributed by atoms with E-state index in [1.54, 1.807) is 0 Å².